The van der Waals surface area contributed by atoms with E-state index < -0.39 is 11.0 Å². The van der Waals surface area contributed by atoms with Crippen molar-refractivity contribution in [2.75, 3.05) is 11.2 Å². The Morgan fingerprint density at radius 3 is 2.30 bits per heavy atom. The maximum absolute atomic E-state index is 12.5. The largest absolute Gasteiger partial charge is 0.295 e. The van der Waals surface area contributed by atoms with Gasteiger partial charge < -0.3 is 0 Å². The fourth-order valence-electron chi connectivity index (χ4n) is 3.19. The zero-order valence-corrected chi connectivity index (χ0v) is 16.1. The lowest BCUT2D eigenvalue weighted by molar-refractivity contribution is -0.384. The van der Waals surface area contributed by atoms with E-state index in [1.54, 1.807) is 12.1 Å². The first kappa shape index (κ1) is 18.8. The first-order valence-corrected chi connectivity index (χ1v) is 9.59. The number of ketones is 1. The second kappa shape index (κ2) is 7.75. The quantitative estimate of drug-likeness (QED) is 0.565. The minimum absolute atomic E-state index is 0.0135. The molecule has 3 rings (SSSR count). The molecule has 27 heavy (non-hydrogen) atoms. The molecule has 0 bridgehead atoms. The number of nitro benzene ring substituents is 1. The summed E-state index contributed by atoms with van der Waals surface area (Å²) in [6, 6.07) is 15.5. The number of anilines is 1. The summed E-state index contributed by atoms with van der Waals surface area (Å²) in [5.74, 6) is -0.0688. The smallest absolute Gasteiger partial charge is 0.269 e. The highest BCUT2D eigenvalue weighted by Crippen LogP contribution is 2.38. The van der Waals surface area contributed by atoms with E-state index in [2.05, 4.69) is 0 Å². The van der Waals surface area contributed by atoms with Gasteiger partial charge in [-0.3, -0.25) is 19.8 Å². The maximum atomic E-state index is 12.5. The minimum atomic E-state index is -0.481. The number of benzene rings is 2. The number of hydrogen-bond acceptors (Lipinski definition) is 6. The van der Waals surface area contributed by atoms with Crippen LogP contribution in [0.3, 0.4) is 0 Å². The van der Waals surface area contributed by atoms with Gasteiger partial charge in [-0.15, -0.1) is 0 Å². The third-order valence-corrected chi connectivity index (χ3v) is 5.08. The van der Waals surface area contributed by atoms with Crippen LogP contribution in [-0.2, 0) is 4.79 Å². The molecular formula is C20H19N3O3S. The molecule has 2 aromatic rings. The Bertz CT molecular complexity index is 937. The van der Waals surface area contributed by atoms with Gasteiger partial charge >= 0.3 is 0 Å². The summed E-state index contributed by atoms with van der Waals surface area (Å²) in [6.07, 6.45) is 1.94. The van der Waals surface area contributed by atoms with E-state index in [0.717, 1.165) is 22.1 Å². The number of amidine groups is 1. The summed E-state index contributed by atoms with van der Waals surface area (Å²) in [6.45, 7) is 3.44. The fourth-order valence-corrected chi connectivity index (χ4v) is 3.82. The van der Waals surface area contributed by atoms with Crippen LogP contribution in [0.1, 0.15) is 25.5 Å². The lowest BCUT2D eigenvalue weighted by Gasteiger charge is -2.34. The van der Waals surface area contributed by atoms with E-state index in [-0.39, 0.29) is 11.5 Å². The number of nitro groups is 1. The number of aliphatic imine (C=N–C) groups is 1. The molecular weight excluding hydrogens is 362 g/mol. The van der Waals surface area contributed by atoms with Crippen LogP contribution in [0.15, 0.2) is 70.9 Å². The van der Waals surface area contributed by atoms with Crippen LogP contribution in [0, 0.1) is 10.1 Å². The third kappa shape index (κ3) is 3.64. The Balaban J connectivity index is 2.12. The standard InChI is InChI=1S/C20H19N3O3S/c1-13-18(14(2)24)19(15-9-11-17(12-10-15)23(25)26)21-20(27-3)22(13)16-7-5-4-6-8-16/h4-12,19H,1-3H3/t19-/m1/s1. The molecule has 7 heteroatoms. The van der Waals surface area contributed by atoms with Crippen molar-refractivity contribution in [1.29, 1.82) is 0 Å². The molecule has 0 aromatic heterocycles. The number of hydrogen-bond donors (Lipinski definition) is 0. The molecule has 0 spiro atoms. The molecule has 0 fully saturated rings. The molecule has 2 aromatic carbocycles. The number of Topliss-reactive ketones (excluding diaryl/α,β-unsaturated/α-hetero) is 1. The molecule has 1 heterocycles. The van der Waals surface area contributed by atoms with Gasteiger partial charge in [0, 0.05) is 29.1 Å². The molecule has 0 saturated heterocycles. The van der Waals surface area contributed by atoms with E-state index in [1.165, 1.54) is 30.8 Å². The summed E-state index contributed by atoms with van der Waals surface area (Å²) in [5, 5.41) is 11.7. The molecule has 138 valence electrons. The Kier molecular flexibility index (Phi) is 5.41. The van der Waals surface area contributed by atoms with Crippen molar-refractivity contribution in [1.82, 2.24) is 0 Å². The predicted molar refractivity (Wildman–Crippen MR) is 109 cm³/mol. The van der Waals surface area contributed by atoms with Crippen LogP contribution >= 0.6 is 11.8 Å². The summed E-state index contributed by atoms with van der Waals surface area (Å²) in [7, 11) is 0. The van der Waals surface area contributed by atoms with Crippen molar-refractivity contribution in [3.63, 3.8) is 0 Å². The Morgan fingerprint density at radius 2 is 1.78 bits per heavy atom. The number of allylic oxidation sites excluding steroid dienone is 1. The molecule has 6 nitrogen and oxygen atoms in total. The molecule has 0 saturated carbocycles. The van der Waals surface area contributed by atoms with Crippen LogP contribution in [0.4, 0.5) is 11.4 Å². The summed E-state index contributed by atoms with van der Waals surface area (Å²) >= 11 is 1.49. The zero-order chi connectivity index (χ0) is 19.6. The van der Waals surface area contributed by atoms with Gasteiger partial charge in [0.05, 0.1) is 4.92 Å². The van der Waals surface area contributed by atoms with Crippen molar-refractivity contribution in [2.45, 2.75) is 19.9 Å². The molecule has 0 unspecified atom stereocenters. The topological polar surface area (TPSA) is 75.8 Å². The van der Waals surface area contributed by atoms with E-state index in [0.29, 0.717) is 5.57 Å². The normalized spacial score (nSPS) is 16.9. The van der Waals surface area contributed by atoms with Crippen LogP contribution in [0.25, 0.3) is 0 Å². The Labute approximate surface area is 161 Å². The number of carbonyl (C=O) groups excluding carboxylic acids is 1. The van der Waals surface area contributed by atoms with E-state index in [1.807, 2.05) is 48.4 Å². The number of non-ortho nitro benzene ring substituents is 1. The number of para-hydroxylation sites is 1. The summed E-state index contributed by atoms with van der Waals surface area (Å²) in [4.78, 5) is 29.7. The van der Waals surface area contributed by atoms with Gasteiger partial charge in [-0.05, 0) is 49.9 Å². The number of nitrogens with zero attached hydrogens (tertiary/aromatic N) is 3. The van der Waals surface area contributed by atoms with Gasteiger partial charge in [0.1, 0.15) is 6.04 Å². The highest BCUT2D eigenvalue weighted by Gasteiger charge is 2.32. The van der Waals surface area contributed by atoms with Gasteiger partial charge in [0.25, 0.3) is 5.69 Å². The monoisotopic (exact) mass is 381 g/mol. The second-order valence-electron chi connectivity index (χ2n) is 6.09. The van der Waals surface area contributed by atoms with E-state index in [9.17, 15) is 14.9 Å². The third-order valence-electron chi connectivity index (χ3n) is 4.43. The highest BCUT2D eigenvalue weighted by atomic mass is 32.2. The molecule has 1 aliphatic heterocycles. The summed E-state index contributed by atoms with van der Waals surface area (Å²) in [5.41, 5.74) is 3.11. The predicted octanol–water partition coefficient (Wildman–Crippen LogP) is 4.74. The Hall–Kier alpha value is -2.93. The van der Waals surface area contributed by atoms with Gasteiger partial charge in [-0.25, -0.2) is 4.99 Å². The van der Waals surface area contributed by atoms with Gasteiger partial charge in [0.15, 0.2) is 11.0 Å². The second-order valence-corrected chi connectivity index (χ2v) is 6.87. The number of rotatable bonds is 4. The number of carbonyl (C=O) groups is 1. The van der Waals surface area contributed by atoms with E-state index >= 15 is 0 Å². The van der Waals surface area contributed by atoms with Crippen molar-refractivity contribution in [3.8, 4) is 0 Å². The molecule has 0 amide bonds. The SMILES string of the molecule is CSC1=N[C@H](c2ccc([N+](=O)[O-])cc2)C(C(C)=O)=C(C)N1c1ccccc1. The van der Waals surface area contributed by atoms with Crippen LogP contribution < -0.4 is 4.90 Å². The highest BCUT2D eigenvalue weighted by molar-refractivity contribution is 8.13. The molecule has 0 N–H and O–H groups in total. The number of thioether (sulfide) groups is 1. The Morgan fingerprint density at radius 1 is 1.15 bits per heavy atom. The molecule has 1 atom stereocenters. The first-order chi connectivity index (χ1) is 12.9. The first-order valence-electron chi connectivity index (χ1n) is 8.37. The van der Waals surface area contributed by atoms with Crippen LogP contribution in [-0.4, -0.2) is 22.1 Å². The van der Waals surface area contributed by atoms with Crippen molar-refractivity contribution >= 4 is 34.1 Å². The molecule has 1 aliphatic rings. The van der Waals surface area contributed by atoms with Crippen molar-refractivity contribution in [3.05, 3.63) is 81.5 Å². The van der Waals surface area contributed by atoms with Crippen molar-refractivity contribution < 1.29 is 9.72 Å². The van der Waals surface area contributed by atoms with Crippen LogP contribution in [0.2, 0.25) is 0 Å². The lowest BCUT2D eigenvalue weighted by atomic mass is 9.93. The minimum Gasteiger partial charge on any atom is -0.295 e. The van der Waals surface area contributed by atoms with Crippen molar-refractivity contribution in [2.24, 2.45) is 4.99 Å². The van der Waals surface area contributed by atoms with E-state index in [4.69, 9.17) is 4.99 Å². The average molecular weight is 381 g/mol. The van der Waals surface area contributed by atoms with Crippen LogP contribution in [0.5, 0.6) is 0 Å². The lowest BCUT2D eigenvalue weighted by Crippen LogP contribution is -2.34. The maximum Gasteiger partial charge on any atom is 0.269 e. The van der Waals surface area contributed by atoms with Gasteiger partial charge in [-0.2, -0.15) is 0 Å². The zero-order valence-electron chi connectivity index (χ0n) is 15.2. The average Bonchev–Trinajstić information content (AvgIpc) is 2.67. The molecule has 0 aliphatic carbocycles. The van der Waals surface area contributed by atoms with Gasteiger partial charge in [-0.1, -0.05) is 30.0 Å². The van der Waals surface area contributed by atoms with Gasteiger partial charge in [0.2, 0.25) is 0 Å². The fraction of sp³-hybridized carbons (Fsp3) is 0.200. The molecule has 0 radical (unpaired) electrons. The summed E-state index contributed by atoms with van der Waals surface area (Å²) < 4.78 is 0.